The molecule has 0 aliphatic carbocycles. The maximum Gasteiger partial charge on any atom is 0.303 e. The summed E-state index contributed by atoms with van der Waals surface area (Å²) in [7, 11) is 0. The maximum absolute atomic E-state index is 10.6. The second-order valence-electron chi connectivity index (χ2n) is 4.87. The van der Waals surface area contributed by atoms with Crippen LogP contribution in [0, 0.1) is 0 Å². The van der Waals surface area contributed by atoms with Crippen LogP contribution >= 0.6 is 0 Å². The number of hydrogen-bond acceptors (Lipinski definition) is 3. The largest absolute Gasteiger partial charge is 0.491 e. The Balaban J connectivity index is 1.88. The number of hydrogen-bond donors (Lipinski definition) is 1. The van der Waals surface area contributed by atoms with E-state index in [4.69, 9.17) is 14.6 Å². The van der Waals surface area contributed by atoms with Crippen molar-refractivity contribution in [2.45, 2.75) is 38.2 Å². The summed E-state index contributed by atoms with van der Waals surface area (Å²) in [5, 5.41) is 8.74. The van der Waals surface area contributed by atoms with Gasteiger partial charge in [-0.3, -0.25) is 4.79 Å². The van der Waals surface area contributed by atoms with Crippen molar-refractivity contribution in [1.82, 2.24) is 0 Å². The fraction of sp³-hybridized carbons (Fsp3) is 0.533. The summed E-state index contributed by atoms with van der Waals surface area (Å²) < 4.78 is 10.7. The predicted octanol–water partition coefficient (Wildman–Crippen LogP) is 2.82. The first-order valence-corrected chi connectivity index (χ1v) is 6.75. The molecule has 1 fully saturated rings. The number of carboxylic acid groups (broad SMARTS) is 1. The number of epoxide rings is 1. The van der Waals surface area contributed by atoms with Crippen LogP contribution < -0.4 is 4.74 Å². The Labute approximate surface area is 113 Å². The van der Waals surface area contributed by atoms with Crippen LogP contribution in [0.15, 0.2) is 24.3 Å². The van der Waals surface area contributed by atoms with E-state index < -0.39 is 5.97 Å². The smallest absolute Gasteiger partial charge is 0.303 e. The molecule has 0 radical (unpaired) electrons. The molecule has 1 N–H and O–H groups in total. The van der Waals surface area contributed by atoms with Gasteiger partial charge < -0.3 is 14.6 Å². The summed E-state index contributed by atoms with van der Waals surface area (Å²) in [6, 6.07) is 7.94. The summed E-state index contributed by atoms with van der Waals surface area (Å²) in [6.45, 7) is 3.49. The Morgan fingerprint density at radius 3 is 2.68 bits per heavy atom. The fourth-order valence-electron chi connectivity index (χ4n) is 2.09. The molecule has 1 aliphatic rings. The molecule has 0 saturated carbocycles. The maximum atomic E-state index is 10.6. The van der Waals surface area contributed by atoms with Gasteiger partial charge in [0.05, 0.1) is 6.61 Å². The summed E-state index contributed by atoms with van der Waals surface area (Å²) in [6.07, 6.45) is 2.11. The number of carbonyl (C=O) groups is 1. The van der Waals surface area contributed by atoms with Crippen LogP contribution in [-0.4, -0.2) is 30.4 Å². The zero-order chi connectivity index (χ0) is 13.7. The highest BCUT2D eigenvalue weighted by atomic mass is 16.6. The quantitative estimate of drug-likeness (QED) is 0.733. The molecule has 4 nitrogen and oxygen atoms in total. The monoisotopic (exact) mass is 264 g/mol. The summed E-state index contributed by atoms with van der Waals surface area (Å²) >= 11 is 0. The molecule has 0 spiro atoms. The molecule has 104 valence electrons. The lowest BCUT2D eigenvalue weighted by Gasteiger charge is -2.14. The first-order chi connectivity index (χ1) is 9.19. The van der Waals surface area contributed by atoms with E-state index in [1.165, 1.54) is 5.56 Å². The molecule has 1 aromatic rings. The lowest BCUT2D eigenvalue weighted by molar-refractivity contribution is -0.137. The Bertz CT molecular complexity index is 409. The van der Waals surface area contributed by atoms with E-state index in [1.807, 2.05) is 24.3 Å². The molecule has 0 amide bonds. The average molecular weight is 264 g/mol. The van der Waals surface area contributed by atoms with Gasteiger partial charge in [0.2, 0.25) is 0 Å². The molecule has 1 aromatic carbocycles. The van der Waals surface area contributed by atoms with Crippen molar-refractivity contribution in [3.05, 3.63) is 29.8 Å². The minimum Gasteiger partial charge on any atom is -0.491 e. The van der Waals surface area contributed by atoms with Gasteiger partial charge in [0, 0.05) is 6.42 Å². The van der Waals surface area contributed by atoms with Crippen LogP contribution in [0.4, 0.5) is 0 Å². The van der Waals surface area contributed by atoms with Crippen molar-refractivity contribution < 1.29 is 19.4 Å². The molecule has 2 atom stereocenters. The Morgan fingerprint density at radius 2 is 2.16 bits per heavy atom. The number of aliphatic carboxylic acids is 1. The van der Waals surface area contributed by atoms with Crippen molar-refractivity contribution in [1.29, 1.82) is 0 Å². The van der Waals surface area contributed by atoms with Crippen molar-refractivity contribution in [2.75, 3.05) is 13.2 Å². The lowest BCUT2D eigenvalue weighted by Crippen LogP contribution is -2.05. The molecule has 2 rings (SSSR count). The van der Waals surface area contributed by atoms with Crippen LogP contribution in [-0.2, 0) is 9.53 Å². The van der Waals surface area contributed by atoms with E-state index in [-0.39, 0.29) is 12.5 Å². The van der Waals surface area contributed by atoms with Crippen LogP contribution in [0.2, 0.25) is 0 Å². The predicted molar refractivity (Wildman–Crippen MR) is 71.6 cm³/mol. The van der Waals surface area contributed by atoms with Gasteiger partial charge in [0.25, 0.3) is 0 Å². The Kier molecular flexibility index (Phi) is 4.80. The van der Waals surface area contributed by atoms with E-state index in [0.29, 0.717) is 18.9 Å². The molecule has 1 heterocycles. The van der Waals surface area contributed by atoms with Crippen molar-refractivity contribution in [3.63, 3.8) is 0 Å². The van der Waals surface area contributed by atoms with E-state index >= 15 is 0 Å². The molecular weight excluding hydrogens is 244 g/mol. The van der Waals surface area contributed by atoms with Gasteiger partial charge >= 0.3 is 5.97 Å². The highest BCUT2D eigenvalue weighted by Gasteiger charge is 2.23. The molecule has 0 aromatic heterocycles. The number of rotatable bonds is 8. The molecule has 2 unspecified atom stereocenters. The fourth-order valence-corrected chi connectivity index (χ4v) is 2.09. The van der Waals surface area contributed by atoms with Gasteiger partial charge in [0.15, 0.2) is 0 Å². The average Bonchev–Trinajstić information content (AvgIpc) is 3.22. The van der Waals surface area contributed by atoms with Crippen molar-refractivity contribution in [2.24, 2.45) is 0 Å². The van der Waals surface area contributed by atoms with Gasteiger partial charge in [0.1, 0.15) is 18.5 Å². The van der Waals surface area contributed by atoms with Gasteiger partial charge in [-0.05, 0) is 36.5 Å². The Hall–Kier alpha value is -1.55. The minimum atomic E-state index is -0.733. The van der Waals surface area contributed by atoms with Crippen LogP contribution in [0.5, 0.6) is 5.75 Å². The van der Waals surface area contributed by atoms with Gasteiger partial charge in [-0.2, -0.15) is 0 Å². The summed E-state index contributed by atoms with van der Waals surface area (Å²) in [5.74, 6) is 0.409. The van der Waals surface area contributed by atoms with E-state index in [1.54, 1.807) is 0 Å². The van der Waals surface area contributed by atoms with Gasteiger partial charge in [-0.25, -0.2) is 0 Å². The third-order valence-corrected chi connectivity index (χ3v) is 3.39. The summed E-state index contributed by atoms with van der Waals surface area (Å²) in [4.78, 5) is 10.6. The van der Waals surface area contributed by atoms with E-state index in [2.05, 4.69) is 6.92 Å². The first kappa shape index (κ1) is 13.9. The third-order valence-electron chi connectivity index (χ3n) is 3.39. The highest BCUT2D eigenvalue weighted by Crippen LogP contribution is 2.26. The second kappa shape index (κ2) is 6.57. The molecule has 4 heteroatoms. The molecule has 1 saturated heterocycles. The standard InChI is InChI=1S/C15H20O4/c1-2-11(5-8-15(16)17)12-3-6-13(7-4-12)18-9-14-10-19-14/h3-4,6-7,11,14H,2,5,8-10H2,1H3,(H,16,17). The molecule has 19 heavy (non-hydrogen) atoms. The van der Waals surface area contributed by atoms with Crippen LogP contribution in [0.25, 0.3) is 0 Å². The van der Waals surface area contributed by atoms with Crippen molar-refractivity contribution in [3.8, 4) is 5.75 Å². The zero-order valence-electron chi connectivity index (χ0n) is 11.2. The molecular formula is C15H20O4. The number of benzene rings is 1. The second-order valence-corrected chi connectivity index (χ2v) is 4.87. The van der Waals surface area contributed by atoms with Crippen molar-refractivity contribution >= 4 is 5.97 Å². The first-order valence-electron chi connectivity index (χ1n) is 6.75. The van der Waals surface area contributed by atoms with Gasteiger partial charge in [-0.15, -0.1) is 0 Å². The van der Waals surface area contributed by atoms with Crippen LogP contribution in [0.3, 0.4) is 0 Å². The SMILES string of the molecule is CCC(CCC(=O)O)c1ccc(OCC2CO2)cc1. The normalized spacial score (nSPS) is 18.9. The zero-order valence-corrected chi connectivity index (χ0v) is 11.2. The van der Waals surface area contributed by atoms with E-state index in [0.717, 1.165) is 18.8 Å². The third kappa shape index (κ3) is 4.56. The number of carboxylic acids is 1. The summed E-state index contributed by atoms with van der Waals surface area (Å²) in [5.41, 5.74) is 1.18. The number of ether oxygens (including phenoxy) is 2. The minimum absolute atomic E-state index is 0.218. The topological polar surface area (TPSA) is 59.1 Å². The lowest BCUT2D eigenvalue weighted by atomic mass is 9.92. The molecule has 0 bridgehead atoms. The highest BCUT2D eigenvalue weighted by molar-refractivity contribution is 5.66. The van der Waals surface area contributed by atoms with Crippen LogP contribution in [0.1, 0.15) is 37.7 Å². The Morgan fingerprint density at radius 1 is 1.47 bits per heavy atom. The van der Waals surface area contributed by atoms with E-state index in [9.17, 15) is 4.79 Å². The molecule has 1 aliphatic heterocycles. The van der Waals surface area contributed by atoms with Gasteiger partial charge in [-0.1, -0.05) is 19.1 Å².